The molecule has 1 heterocycles. The lowest BCUT2D eigenvalue weighted by Gasteiger charge is -2.03. The molecular formula is C18H18N4O3S2. The largest absolute Gasteiger partial charge is 0.296 e. The average molecular weight is 403 g/mol. The standard InChI is InChI=1S/C18H18N4O3S2/c1-13-7-9-15(10-8-13)16(23)20-17-21-22-18(26-17)27(24,25)19-12-11-14-5-3-2-4-6-14/h2-10,19H,11-12H2,1H3,(H,20,21,23). The first-order chi connectivity index (χ1) is 12.9. The van der Waals surface area contributed by atoms with Gasteiger partial charge in [-0.2, -0.15) is 0 Å². The molecular weight excluding hydrogens is 384 g/mol. The third-order valence-electron chi connectivity index (χ3n) is 3.72. The van der Waals surface area contributed by atoms with Gasteiger partial charge in [-0.15, -0.1) is 10.2 Å². The Labute approximate surface area is 161 Å². The zero-order valence-electron chi connectivity index (χ0n) is 14.5. The van der Waals surface area contributed by atoms with Gasteiger partial charge < -0.3 is 0 Å². The van der Waals surface area contributed by atoms with Crippen LogP contribution in [0.1, 0.15) is 21.5 Å². The highest BCUT2D eigenvalue weighted by Gasteiger charge is 2.20. The molecule has 0 atom stereocenters. The maximum atomic E-state index is 12.3. The molecule has 140 valence electrons. The quantitative estimate of drug-likeness (QED) is 0.592. The molecule has 0 spiro atoms. The summed E-state index contributed by atoms with van der Waals surface area (Å²) in [7, 11) is -3.77. The summed E-state index contributed by atoms with van der Waals surface area (Å²) in [6.45, 7) is 2.17. The summed E-state index contributed by atoms with van der Waals surface area (Å²) in [6, 6.07) is 16.6. The van der Waals surface area contributed by atoms with E-state index in [1.54, 1.807) is 12.1 Å². The highest BCUT2D eigenvalue weighted by molar-refractivity contribution is 7.91. The number of carbonyl (C=O) groups is 1. The van der Waals surface area contributed by atoms with Crippen molar-refractivity contribution in [2.24, 2.45) is 0 Å². The predicted octanol–water partition coefficient (Wildman–Crippen LogP) is 2.62. The summed E-state index contributed by atoms with van der Waals surface area (Å²) in [5.41, 5.74) is 2.53. The van der Waals surface area contributed by atoms with Crippen LogP contribution in [0.15, 0.2) is 58.9 Å². The molecule has 0 unspecified atom stereocenters. The molecule has 0 aliphatic rings. The molecule has 0 bridgehead atoms. The van der Waals surface area contributed by atoms with Crippen LogP contribution in [0.2, 0.25) is 0 Å². The van der Waals surface area contributed by atoms with Crippen LogP contribution in [0.4, 0.5) is 5.13 Å². The van der Waals surface area contributed by atoms with Crippen molar-refractivity contribution < 1.29 is 13.2 Å². The number of aryl methyl sites for hydroxylation is 1. The second kappa shape index (κ2) is 8.38. The van der Waals surface area contributed by atoms with E-state index in [1.165, 1.54) is 0 Å². The zero-order valence-corrected chi connectivity index (χ0v) is 16.2. The zero-order chi connectivity index (χ0) is 19.3. The van der Waals surface area contributed by atoms with Crippen LogP contribution in [0.3, 0.4) is 0 Å². The lowest BCUT2D eigenvalue weighted by Crippen LogP contribution is -2.25. The Morgan fingerprint density at radius 1 is 1.04 bits per heavy atom. The van der Waals surface area contributed by atoms with Crippen molar-refractivity contribution in [2.75, 3.05) is 11.9 Å². The molecule has 1 aromatic heterocycles. The number of sulfonamides is 1. The molecule has 2 aromatic carbocycles. The molecule has 0 saturated carbocycles. The van der Waals surface area contributed by atoms with E-state index in [1.807, 2.05) is 49.4 Å². The third-order valence-corrected chi connectivity index (χ3v) is 6.39. The van der Waals surface area contributed by atoms with Crippen molar-refractivity contribution in [1.82, 2.24) is 14.9 Å². The molecule has 3 rings (SSSR count). The average Bonchev–Trinajstić information content (AvgIpc) is 3.12. The van der Waals surface area contributed by atoms with Gasteiger partial charge in [-0.1, -0.05) is 59.4 Å². The number of anilines is 1. The monoisotopic (exact) mass is 402 g/mol. The van der Waals surface area contributed by atoms with Crippen molar-refractivity contribution in [3.05, 3.63) is 71.3 Å². The molecule has 27 heavy (non-hydrogen) atoms. The van der Waals surface area contributed by atoms with Gasteiger partial charge in [0.05, 0.1) is 0 Å². The Bertz CT molecular complexity index is 1020. The van der Waals surface area contributed by atoms with Crippen LogP contribution in [0.5, 0.6) is 0 Å². The minimum absolute atomic E-state index is 0.129. The molecule has 7 nitrogen and oxygen atoms in total. The first-order valence-corrected chi connectivity index (χ1v) is 10.5. The van der Waals surface area contributed by atoms with Gasteiger partial charge in [0.1, 0.15) is 0 Å². The Morgan fingerprint density at radius 3 is 2.44 bits per heavy atom. The summed E-state index contributed by atoms with van der Waals surface area (Å²) >= 11 is 0.808. The van der Waals surface area contributed by atoms with Crippen molar-refractivity contribution in [1.29, 1.82) is 0 Å². The minimum atomic E-state index is -3.77. The van der Waals surface area contributed by atoms with Crippen molar-refractivity contribution in [2.45, 2.75) is 17.7 Å². The van der Waals surface area contributed by atoms with Crippen LogP contribution in [-0.2, 0) is 16.4 Å². The molecule has 0 aliphatic carbocycles. The van der Waals surface area contributed by atoms with Crippen LogP contribution in [0, 0.1) is 6.92 Å². The minimum Gasteiger partial charge on any atom is -0.296 e. The van der Waals surface area contributed by atoms with E-state index in [4.69, 9.17) is 0 Å². The smallest absolute Gasteiger partial charge is 0.269 e. The highest BCUT2D eigenvalue weighted by Crippen LogP contribution is 2.20. The van der Waals surface area contributed by atoms with Gasteiger partial charge in [0.2, 0.25) is 9.47 Å². The number of hydrogen-bond donors (Lipinski definition) is 2. The van der Waals surface area contributed by atoms with E-state index in [-0.39, 0.29) is 21.9 Å². The maximum Gasteiger partial charge on any atom is 0.269 e. The fourth-order valence-corrected chi connectivity index (χ4v) is 4.25. The van der Waals surface area contributed by atoms with Crippen LogP contribution < -0.4 is 10.0 Å². The van der Waals surface area contributed by atoms with Gasteiger partial charge in [-0.3, -0.25) is 10.1 Å². The van der Waals surface area contributed by atoms with E-state index >= 15 is 0 Å². The van der Waals surface area contributed by atoms with E-state index in [2.05, 4.69) is 20.2 Å². The van der Waals surface area contributed by atoms with Gasteiger partial charge >= 0.3 is 0 Å². The van der Waals surface area contributed by atoms with Crippen LogP contribution >= 0.6 is 11.3 Å². The highest BCUT2D eigenvalue weighted by atomic mass is 32.2. The number of nitrogens with zero attached hydrogens (tertiary/aromatic N) is 2. The number of nitrogens with one attached hydrogen (secondary N) is 2. The van der Waals surface area contributed by atoms with Crippen LogP contribution in [0.25, 0.3) is 0 Å². The van der Waals surface area contributed by atoms with E-state index < -0.39 is 10.0 Å². The van der Waals surface area contributed by atoms with Gasteiger partial charge in [0, 0.05) is 12.1 Å². The number of carbonyl (C=O) groups excluding carboxylic acids is 1. The number of benzene rings is 2. The number of rotatable bonds is 7. The van der Waals surface area contributed by atoms with E-state index in [9.17, 15) is 13.2 Å². The lowest BCUT2D eigenvalue weighted by atomic mass is 10.1. The van der Waals surface area contributed by atoms with Crippen molar-refractivity contribution >= 4 is 32.4 Å². The van der Waals surface area contributed by atoms with Gasteiger partial charge in [-0.05, 0) is 31.0 Å². The van der Waals surface area contributed by atoms with Crippen molar-refractivity contribution in [3.63, 3.8) is 0 Å². The fourth-order valence-electron chi connectivity index (χ4n) is 2.28. The van der Waals surface area contributed by atoms with Crippen LogP contribution in [-0.4, -0.2) is 31.1 Å². The third kappa shape index (κ3) is 5.19. The molecule has 2 N–H and O–H groups in total. The molecule has 0 aliphatic heterocycles. The Hall–Kier alpha value is -2.62. The molecule has 9 heteroatoms. The first-order valence-electron chi connectivity index (χ1n) is 8.19. The number of hydrogen-bond acceptors (Lipinski definition) is 6. The molecule has 0 radical (unpaired) electrons. The van der Waals surface area contributed by atoms with Gasteiger partial charge in [0.15, 0.2) is 0 Å². The maximum absolute atomic E-state index is 12.3. The number of amides is 1. The lowest BCUT2D eigenvalue weighted by molar-refractivity contribution is 0.102. The summed E-state index contributed by atoms with van der Waals surface area (Å²) in [6.07, 6.45) is 0.565. The molecule has 0 fully saturated rings. The molecule has 3 aromatic rings. The van der Waals surface area contributed by atoms with E-state index in [0.29, 0.717) is 12.0 Å². The van der Waals surface area contributed by atoms with Gasteiger partial charge in [0.25, 0.3) is 15.9 Å². The summed E-state index contributed by atoms with van der Waals surface area (Å²) in [5.74, 6) is -0.368. The Kier molecular flexibility index (Phi) is 5.94. The van der Waals surface area contributed by atoms with Crippen molar-refractivity contribution in [3.8, 4) is 0 Å². The van der Waals surface area contributed by atoms with Gasteiger partial charge in [-0.25, -0.2) is 13.1 Å². The molecule has 0 saturated heterocycles. The second-order valence-electron chi connectivity index (χ2n) is 5.83. The fraction of sp³-hybridized carbons (Fsp3) is 0.167. The first kappa shape index (κ1) is 19.2. The SMILES string of the molecule is Cc1ccc(C(=O)Nc2nnc(S(=O)(=O)NCCc3ccccc3)s2)cc1. The second-order valence-corrected chi connectivity index (χ2v) is 8.74. The topological polar surface area (TPSA) is 101 Å². The predicted molar refractivity (Wildman–Crippen MR) is 104 cm³/mol. The van der Waals surface area contributed by atoms with E-state index in [0.717, 1.165) is 22.5 Å². The Balaban J connectivity index is 1.60. The normalized spacial score (nSPS) is 11.3. The summed E-state index contributed by atoms with van der Waals surface area (Å²) < 4.78 is 26.9. The summed E-state index contributed by atoms with van der Waals surface area (Å²) in [5, 5.41) is 10.1. The number of aromatic nitrogens is 2. The Morgan fingerprint density at radius 2 is 1.74 bits per heavy atom. The summed E-state index contributed by atoms with van der Waals surface area (Å²) in [4.78, 5) is 12.2. The molecule has 1 amide bonds.